The molecular weight excluding hydrogens is 504 g/mol. The van der Waals surface area contributed by atoms with Crippen molar-refractivity contribution in [1.29, 1.82) is 0 Å². The summed E-state index contributed by atoms with van der Waals surface area (Å²) in [6.45, 7) is 7.68. The molecule has 0 fully saturated rings. The highest BCUT2D eigenvalue weighted by Gasteiger charge is 2.02. The van der Waals surface area contributed by atoms with Crippen LogP contribution in [0.5, 0.6) is 0 Å². The van der Waals surface area contributed by atoms with Crippen molar-refractivity contribution in [1.82, 2.24) is 0 Å². The number of rotatable bonds is 32. The van der Waals surface area contributed by atoms with Crippen molar-refractivity contribution in [2.24, 2.45) is 0 Å². The van der Waals surface area contributed by atoms with E-state index in [4.69, 9.17) is 33.0 Å². The Morgan fingerprint density at radius 3 is 1.00 bits per heavy atom. The van der Waals surface area contributed by atoms with E-state index in [9.17, 15) is 8.42 Å². The minimum atomic E-state index is -4.41. The van der Waals surface area contributed by atoms with Gasteiger partial charge in [0.1, 0.15) is 0 Å². The Kier molecular flexibility index (Phi) is 29.9. The molecule has 0 aliphatic heterocycles. The van der Waals surface area contributed by atoms with Crippen molar-refractivity contribution in [3.05, 3.63) is 0 Å². The second-order valence-electron chi connectivity index (χ2n) is 8.81. The first kappa shape index (κ1) is 36.6. The van der Waals surface area contributed by atoms with Gasteiger partial charge in [0, 0.05) is 6.61 Å². The van der Waals surface area contributed by atoms with Gasteiger partial charge in [-0.3, -0.25) is 4.55 Å². The van der Waals surface area contributed by atoms with E-state index in [1.807, 2.05) is 0 Å². The van der Waals surface area contributed by atoms with Crippen LogP contribution in [-0.4, -0.2) is 98.9 Å². The fraction of sp³-hybridized carbons (Fsp3) is 1.00. The highest BCUT2D eigenvalue weighted by Crippen LogP contribution is 2.11. The Morgan fingerprint density at radius 2 is 0.676 bits per heavy atom. The maximum absolute atomic E-state index is 10.3. The quantitative estimate of drug-likeness (QED) is 0.0926. The lowest BCUT2D eigenvalue weighted by atomic mass is 10.1. The summed E-state index contributed by atoms with van der Waals surface area (Å²) in [5, 5.41) is 0. The van der Waals surface area contributed by atoms with E-state index >= 15 is 0 Å². The van der Waals surface area contributed by atoms with Gasteiger partial charge in [0.25, 0.3) is 0 Å². The zero-order chi connectivity index (χ0) is 27.1. The molecule has 0 heterocycles. The molecule has 0 saturated heterocycles. The van der Waals surface area contributed by atoms with E-state index < -0.39 is 10.4 Å². The first-order valence-electron chi connectivity index (χ1n) is 14.1. The summed E-state index contributed by atoms with van der Waals surface area (Å²) in [6.07, 6.45) is 16.2. The SMILES string of the molecule is CCCCCCCCCCCCCCOCCOCCOCCOCCOCCOCCOS(=O)(=O)O. The summed E-state index contributed by atoms with van der Waals surface area (Å²) in [5.41, 5.74) is 0. The molecule has 0 aromatic carbocycles. The second-order valence-corrected chi connectivity index (χ2v) is 9.90. The summed E-state index contributed by atoms with van der Waals surface area (Å²) < 4.78 is 65.4. The highest BCUT2D eigenvalue weighted by atomic mass is 32.3. The van der Waals surface area contributed by atoms with Gasteiger partial charge < -0.3 is 28.4 Å². The molecule has 0 atom stereocenters. The maximum Gasteiger partial charge on any atom is 0.397 e. The van der Waals surface area contributed by atoms with Gasteiger partial charge in [-0.1, -0.05) is 77.6 Å². The van der Waals surface area contributed by atoms with E-state index in [2.05, 4.69) is 11.1 Å². The smallest absolute Gasteiger partial charge is 0.379 e. The predicted octanol–water partition coefficient (Wildman–Crippen LogP) is 4.61. The molecule has 0 radical (unpaired) electrons. The minimum absolute atomic E-state index is 0.0488. The average molecular weight is 559 g/mol. The van der Waals surface area contributed by atoms with Gasteiger partial charge in [0.05, 0.1) is 79.3 Å². The van der Waals surface area contributed by atoms with Gasteiger partial charge in [-0.25, -0.2) is 4.18 Å². The Balaban J connectivity index is 3.04. The Bertz CT molecular complexity index is 533. The van der Waals surface area contributed by atoms with Crippen molar-refractivity contribution in [2.75, 3.05) is 85.9 Å². The van der Waals surface area contributed by atoms with Crippen LogP contribution in [0.3, 0.4) is 0 Å². The first-order valence-corrected chi connectivity index (χ1v) is 15.5. The van der Waals surface area contributed by atoms with Crippen LogP contribution in [0.25, 0.3) is 0 Å². The zero-order valence-corrected chi connectivity index (χ0v) is 24.0. The minimum Gasteiger partial charge on any atom is -0.379 e. The van der Waals surface area contributed by atoms with Gasteiger partial charge in [0.15, 0.2) is 0 Å². The Labute approximate surface area is 225 Å². The van der Waals surface area contributed by atoms with Gasteiger partial charge in [-0.15, -0.1) is 0 Å². The summed E-state index contributed by atoms with van der Waals surface area (Å²) in [5.74, 6) is 0. The molecule has 0 aromatic rings. The van der Waals surface area contributed by atoms with Crippen molar-refractivity contribution in [3.63, 3.8) is 0 Å². The number of hydrogen-bond acceptors (Lipinski definition) is 9. The van der Waals surface area contributed by atoms with Gasteiger partial charge in [-0.2, -0.15) is 8.42 Å². The summed E-state index contributed by atoms with van der Waals surface area (Å²) in [7, 11) is -4.41. The van der Waals surface area contributed by atoms with Crippen LogP contribution in [-0.2, 0) is 43.0 Å². The fourth-order valence-electron chi connectivity index (χ4n) is 3.44. The lowest BCUT2D eigenvalue weighted by molar-refractivity contribution is -0.0179. The Morgan fingerprint density at radius 1 is 0.405 bits per heavy atom. The number of hydrogen-bond donors (Lipinski definition) is 1. The molecule has 224 valence electrons. The molecule has 0 amide bonds. The molecular formula is C26H54O10S. The summed E-state index contributed by atoms with van der Waals surface area (Å²) >= 11 is 0. The van der Waals surface area contributed by atoms with E-state index in [0.29, 0.717) is 66.1 Å². The van der Waals surface area contributed by atoms with Crippen LogP contribution >= 0.6 is 0 Å². The molecule has 0 aliphatic carbocycles. The van der Waals surface area contributed by atoms with E-state index in [1.165, 1.54) is 70.6 Å². The molecule has 0 bridgehead atoms. The molecule has 11 heteroatoms. The summed E-state index contributed by atoms with van der Waals surface area (Å²) in [6, 6.07) is 0. The maximum atomic E-state index is 10.3. The molecule has 37 heavy (non-hydrogen) atoms. The molecule has 0 spiro atoms. The highest BCUT2D eigenvalue weighted by molar-refractivity contribution is 7.80. The Hall–Kier alpha value is -0.370. The monoisotopic (exact) mass is 558 g/mol. The molecule has 0 saturated carbocycles. The van der Waals surface area contributed by atoms with Crippen molar-refractivity contribution < 1.29 is 45.6 Å². The number of unbranched alkanes of at least 4 members (excludes halogenated alkanes) is 11. The van der Waals surface area contributed by atoms with E-state index in [0.717, 1.165) is 13.0 Å². The van der Waals surface area contributed by atoms with Crippen LogP contribution < -0.4 is 0 Å². The van der Waals surface area contributed by atoms with Crippen molar-refractivity contribution in [2.45, 2.75) is 84.0 Å². The fourth-order valence-corrected chi connectivity index (χ4v) is 3.72. The lowest BCUT2D eigenvalue weighted by Gasteiger charge is -2.08. The van der Waals surface area contributed by atoms with Crippen molar-refractivity contribution >= 4 is 10.4 Å². The van der Waals surface area contributed by atoms with Crippen LogP contribution in [0.4, 0.5) is 0 Å². The molecule has 0 unspecified atom stereocenters. The number of ether oxygens (including phenoxy) is 6. The molecule has 0 rings (SSSR count). The molecule has 0 aliphatic rings. The van der Waals surface area contributed by atoms with E-state index in [1.54, 1.807) is 0 Å². The standard InChI is InChI=1S/C26H54O10S/c1-2-3-4-5-6-7-8-9-10-11-12-13-14-30-15-16-31-17-18-32-19-20-33-21-22-34-23-24-35-25-26-36-37(27,28)29/h2-26H2,1H3,(H,27,28,29). The second kappa shape index (κ2) is 30.2. The topological polar surface area (TPSA) is 119 Å². The van der Waals surface area contributed by atoms with Crippen LogP contribution in [0.15, 0.2) is 0 Å². The largest absolute Gasteiger partial charge is 0.397 e. The van der Waals surface area contributed by atoms with E-state index in [-0.39, 0.29) is 13.2 Å². The molecule has 1 N–H and O–H groups in total. The van der Waals surface area contributed by atoms with Crippen molar-refractivity contribution in [3.8, 4) is 0 Å². The van der Waals surface area contributed by atoms with Gasteiger partial charge in [-0.05, 0) is 6.42 Å². The van der Waals surface area contributed by atoms with Crippen LogP contribution in [0, 0.1) is 0 Å². The third kappa shape index (κ3) is 35.6. The third-order valence-electron chi connectivity index (χ3n) is 5.46. The average Bonchev–Trinajstić information content (AvgIpc) is 2.86. The normalized spacial score (nSPS) is 11.9. The van der Waals surface area contributed by atoms with Crippen LogP contribution in [0.1, 0.15) is 84.0 Å². The molecule has 10 nitrogen and oxygen atoms in total. The van der Waals surface area contributed by atoms with Gasteiger partial charge >= 0.3 is 10.4 Å². The summed E-state index contributed by atoms with van der Waals surface area (Å²) in [4.78, 5) is 0. The lowest BCUT2D eigenvalue weighted by Crippen LogP contribution is -2.15. The predicted molar refractivity (Wildman–Crippen MR) is 143 cm³/mol. The van der Waals surface area contributed by atoms with Gasteiger partial charge in [0.2, 0.25) is 0 Å². The zero-order valence-electron chi connectivity index (χ0n) is 23.2. The first-order chi connectivity index (χ1) is 18.1. The van der Waals surface area contributed by atoms with Crippen LogP contribution in [0.2, 0.25) is 0 Å². The molecule has 0 aromatic heterocycles. The third-order valence-corrected chi connectivity index (χ3v) is 5.93.